The van der Waals surface area contributed by atoms with Crippen molar-refractivity contribution in [3.63, 3.8) is 0 Å². The van der Waals surface area contributed by atoms with Crippen LogP contribution in [0.15, 0.2) is 65.2 Å². The number of aromatic nitrogens is 1. The maximum atomic E-state index is 12.8. The molecule has 1 atom stereocenters. The zero-order valence-electron chi connectivity index (χ0n) is 15.9. The van der Waals surface area contributed by atoms with Gasteiger partial charge in [0.05, 0.1) is 17.8 Å². The molecule has 1 unspecified atom stereocenters. The monoisotopic (exact) mass is 402 g/mol. The van der Waals surface area contributed by atoms with Crippen LogP contribution >= 0.6 is 0 Å². The van der Waals surface area contributed by atoms with Gasteiger partial charge in [0.25, 0.3) is 0 Å². The summed E-state index contributed by atoms with van der Waals surface area (Å²) in [6, 6.07) is 14.0. The summed E-state index contributed by atoms with van der Waals surface area (Å²) in [5, 5.41) is 2.73. The minimum Gasteiger partial charge on any atom is -0.441 e. The van der Waals surface area contributed by atoms with Gasteiger partial charge in [-0.15, -0.1) is 0 Å². The molecular formula is C22H21F3N2O2. The Balaban J connectivity index is 1.49. The highest BCUT2D eigenvalue weighted by atomic mass is 19.4. The van der Waals surface area contributed by atoms with E-state index in [1.807, 2.05) is 30.3 Å². The number of benzene rings is 2. The number of halogens is 3. The van der Waals surface area contributed by atoms with Crippen LogP contribution in [0.1, 0.15) is 42.8 Å². The van der Waals surface area contributed by atoms with Gasteiger partial charge >= 0.3 is 6.18 Å². The number of hydrogen-bond donors (Lipinski definition) is 1. The summed E-state index contributed by atoms with van der Waals surface area (Å²) >= 11 is 0. The first-order valence-electron chi connectivity index (χ1n) is 9.29. The van der Waals surface area contributed by atoms with Gasteiger partial charge in [-0.25, -0.2) is 4.98 Å². The van der Waals surface area contributed by atoms with Crippen molar-refractivity contribution in [1.82, 2.24) is 10.3 Å². The molecule has 1 aromatic heterocycles. The van der Waals surface area contributed by atoms with Gasteiger partial charge in [0.15, 0.2) is 11.7 Å². The second-order valence-corrected chi connectivity index (χ2v) is 6.75. The van der Waals surface area contributed by atoms with Crippen molar-refractivity contribution in [2.75, 3.05) is 0 Å². The van der Waals surface area contributed by atoms with Crippen molar-refractivity contribution in [3.8, 4) is 11.3 Å². The zero-order chi connectivity index (χ0) is 20.9. The maximum Gasteiger partial charge on any atom is 0.416 e. The van der Waals surface area contributed by atoms with Gasteiger partial charge in [0, 0.05) is 18.4 Å². The molecule has 0 spiro atoms. The predicted octanol–water partition coefficient (Wildman–Crippen LogP) is 5.56. The van der Waals surface area contributed by atoms with Crippen molar-refractivity contribution < 1.29 is 22.4 Å². The fourth-order valence-corrected chi connectivity index (χ4v) is 2.94. The first kappa shape index (κ1) is 20.6. The molecule has 0 saturated carbocycles. The summed E-state index contributed by atoms with van der Waals surface area (Å²) in [7, 11) is 0. The molecule has 3 aromatic rings. The van der Waals surface area contributed by atoms with Gasteiger partial charge in [-0.2, -0.15) is 13.2 Å². The SMILES string of the molecule is CC(NC(=O)CCCc1ncc(-c2ccccc2)o1)c1cccc(C(F)(F)F)c1. The lowest BCUT2D eigenvalue weighted by molar-refractivity contribution is -0.137. The number of aryl methyl sites for hydroxylation is 1. The van der Waals surface area contributed by atoms with Crippen molar-refractivity contribution in [1.29, 1.82) is 0 Å². The normalized spacial score (nSPS) is 12.6. The Kier molecular flexibility index (Phi) is 6.36. The van der Waals surface area contributed by atoms with Crippen LogP contribution in [0.5, 0.6) is 0 Å². The van der Waals surface area contributed by atoms with Gasteiger partial charge in [-0.3, -0.25) is 4.79 Å². The molecule has 1 N–H and O–H groups in total. The number of hydrogen-bond acceptors (Lipinski definition) is 3. The summed E-state index contributed by atoms with van der Waals surface area (Å²) in [4.78, 5) is 16.4. The summed E-state index contributed by atoms with van der Waals surface area (Å²) in [5.74, 6) is 0.982. The van der Waals surface area contributed by atoms with Crippen LogP contribution in [0.3, 0.4) is 0 Å². The number of nitrogens with one attached hydrogen (secondary N) is 1. The molecule has 1 amide bonds. The molecule has 3 rings (SSSR count). The van der Waals surface area contributed by atoms with E-state index in [9.17, 15) is 18.0 Å². The third-order valence-corrected chi connectivity index (χ3v) is 4.50. The second kappa shape index (κ2) is 8.94. The minimum atomic E-state index is -4.41. The first-order valence-corrected chi connectivity index (χ1v) is 9.29. The number of carbonyl (C=O) groups is 1. The molecule has 0 aliphatic carbocycles. The summed E-state index contributed by atoms with van der Waals surface area (Å²) in [5.41, 5.74) is 0.612. The van der Waals surface area contributed by atoms with E-state index in [4.69, 9.17) is 4.42 Å². The lowest BCUT2D eigenvalue weighted by Crippen LogP contribution is -2.26. The Morgan fingerprint density at radius 1 is 1.14 bits per heavy atom. The van der Waals surface area contributed by atoms with Crippen LogP contribution in [0.25, 0.3) is 11.3 Å². The Morgan fingerprint density at radius 2 is 1.90 bits per heavy atom. The number of amides is 1. The van der Waals surface area contributed by atoms with E-state index < -0.39 is 17.8 Å². The van der Waals surface area contributed by atoms with E-state index >= 15 is 0 Å². The maximum absolute atomic E-state index is 12.8. The fraction of sp³-hybridized carbons (Fsp3) is 0.273. The molecule has 2 aromatic carbocycles. The molecule has 29 heavy (non-hydrogen) atoms. The lowest BCUT2D eigenvalue weighted by Gasteiger charge is -2.16. The smallest absolute Gasteiger partial charge is 0.416 e. The zero-order valence-corrected chi connectivity index (χ0v) is 15.9. The van der Waals surface area contributed by atoms with Crippen molar-refractivity contribution in [3.05, 3.63) is 77.8 Å². The molecule has 0 aliphatic rings. The largest absolute Gasteiger partial charge is 0.441 e. The number of nitrogens with zero attached hydrogens (tertiary/aromatic N) is 1. The summed E-state index contributed by atoms with van der Waals surface area (Å²) < 4.78 is 44.2. The third kappa shape index (κ3) is 5.70. The van der Waals surface area contributed by atoms with E-state index in [1.165, 1.54) is 6.07 Å². The average molecular weight is 402 g/mol. The third-order valence-electron chi connectivity index (χ3n) is 4.50. The van der Waals surface area contributed by atoms with Crippen LogP contribution in [-0.4, -0.2) is 10.9 Å². The molecule has 0 aliphatic heterocycles. The van der Waals surface area contributed by atoms with Gasteiger partial charge in [-0.1, -0.05) is 42.5 Å². The van der Waals surface area contributed by atoms with E-state index in [1.54, 1.807) is 19.2 Å². The number of carbonyl (C=O) groups excluding carboxylic acids is 1. The second-order valence-electron chi connectivity index (χ2n) is 6.75. The van der Waals surface area contributed by atoms with Gasteiger partial charge in [0.2, 0.25) is 5.91 Å². The Labute approximate surface area is 166 Å². The molecular weight excluding hydrogens is 381 g/mol. The van der Waals surface area contributed by atoms with E-state index in [0.29, 0.717) is 30.1 Å². The summed E-state index contributed by atoms with van der Waals surface area (Å²) in [6.45, 7) is 1.66. The van der Waals surface area contributed by atoms with Gasteiger partial charge in [0.1, 0.15) is 0 Å². The van der Waals surface area contributed by atoms with Crippen LogP contribution in [0.4, 0.5) is 13.2 Å². The van der Waals surface area contributed by atoms with Crippen molar-refractivity contribution >= 4 is 5.91 Å². The quantitative estimate of drug-likeness (QED) is 0.563. The van der Waals surface area contributed by atoms with Gasteiger partial charge in [-0.05, 0) is 31.0 Å². The van der Waals surface area contributed by atoms with Crippen LogP contribution < -0.4 is 5.32 Å². The van der Waals surface area contributed by atoms with E-state index in [-0.39, 0.29) is 12.3 Å². The fourth-order valence-electron chi connectivity index (χ4n) is 2.94. The molecule has 152 valence electrons. The highest BCUT2D eigenvalue weighted by Crippen LogP contribution is 2.30. The van der Waals surface area contributed by atoms with Gasteiger partial charge < -0.3 is 9.73 Å². The van der Waals surface area contributed by atoms with Crippen molar-refractivity contribution in [2.24, 2.45) is 0 Å². The number of alkyl halides is 3. The molecule has 0 fully saturated rings. The highest BCUT2D eigenvalue weighted by Gasteiger charge is 2.30. The number of oxazole rings is 1. The number of rotatable bonds is 7. The molecule has 7 heteroatoms. The molecule has 0 bridgehead atoms. The van der Waals surface area contributed by atoms with Crippen LogP contribution in [0, 0.1) is 0 Å². The van der Waals surface area contributed by atoms with Crippen LogP contribution in [0.2, 0.25) is 0 Å². The standard InChI is InChI=1S/C22H21F3N2O2/c1-15(17-9-5-10-18(13-17)22(23,24)25)27-20(28)11-6-12-21-26-14-19(29-21)16-7-3-2-4-8-16/h2-5,7-10,13-15H,6,11-12H2,1H3,(H,27,28). The molecule has 1 heterocycles. The lowest BCUT2D eigenvalue weighted by atomic mass is 10.0. The topological polar surface area (TPSA) is 55.1 Å². The minimum absolute atomic E-state index is 0.229. The average Bonchev–Trinajstić information content (AvgIpc) is 3.17. The molecule has 0 radical (unpaired) electrons. The predicted molar refractivity (Wildman–Crippen MR) is 103 cm³/mol. The Hall–Kier alpha value is -3.09. The van der Waals surface area contributed by atoms with E-state index in [2.05, 4.69) is 10.3 Å². The summed E-state index contributed by atoms with van der Waals surface area (Å²) in [6.07, 6.45) is -1.50. The van der Waals surface area contributed by atoms with Crippen molar-refractivity contribution in [2.45, 2.75) is 38.4 Å². The first-order chi connectivity index (χ1) is 13.8. The molecule has 4 nitrogen and oxygen atoms in total. The Morgan fingerprint density at radius 3 is 2.62 bits per heavy atom. The van der Waals surface area contributed by atoms with Crippen LogP contribution in [-0.2, 0) is 17.4 Å². The van der Waals surface area contributed by atoms with E-state index in [0.717, 1.165) is 17.7 Å². The molecule has 0 saturated heterocycles. The highest BCUT2D eigenvalue weighted by molar-refractivity contribution is 5.76. The Bertz CT molecular complexity index is 952.